The standard InChI is InChI=1S/C26H29N5O3/c1-26(2)12-19-24(21(32)13-26)25(22-8-5-11-34-22)31(20-7-4-3-6-18(20)30-19)15-23(33)28-10-9-17-14-27-16-29-17/h3-8,11,14,16,25,30H,9-10,12-13,15H2,1-2H3,(H,27,29)(H,28,33)/t25-/m1/s1. The Morgan fingerprint density at radius 1 is 1.24 bits per heavy atom. The Kier molecular flexibility index (Phi) is 5.73. The fourth-order valence-electron chi connectivity index (χ4n) is 4.94. The highest BCUT2D eigenvalue weighted by Gasteiger charge is 2.42. The van der Waals surface area contributed by atoms with Crippen molar-refractivity contribution in [3.05, 3.63) is 77.9 Å². The Bertz CT molecular complexity index is 1210. The van der Waals surface area contributed by atoms with Gasteiger partial charge in [0.15, 0.2) is 5.78 Å². The number of nitrogens with one attached hydrogen (secondary N) is 3. The van der Waals surface area contributed by atoms with Gasteiger partial charge in [-0.1, -0.05) is 26.0 Å². The quantitative estimate of drug-likeness (QED) is 0.515. The largest absolute Gasteiger partial charge is 0.467 e. The van der Waals surface area contributed by atoms with Crippen molar-refractivity contribution in [2.24, 2.45) is 5.41 Å². The molecule has 0 unspecified atom stereocenters. The van der Waals surface area contributed by atoms with Crippen LogP contribution < -0.4 is 15.5 Å². The van der Waals surface area contributed by atoms with Gasteiger partial charge in [0.1, 0.15) is 11.8 Å². The number of imidazole rings is 1. The molecule has 0 saturated heterocycles. The van der Waals surface area contributed by atoms with Gasteiger partial charge in [-0.15, -0.1) is 0 Å². The fraction of sp³-hybridized carbons (Fsp3) is 0.346. The number of hydrogen-bond acceptors (Lipinski definition) is 6. The van der Waals surface area contributed by atoms with Crippen molar-refractivity contribution in [3.8, 4) is 0 Å². The molecule has 1 aromatic carbocycles. The molecule has 0 spiro atoms. The molecule has 1 aliphatic heterocycles. The summed E-state index contributed by atoms with van der Waals surface area (Å²) in [5.74, 6) is 0.598. The van der Waals surface area contributed by atoms with Crippen LogP contribution in [0.1, 0.15) is 44.2 Å². The number of allylic oxidation sites excluding steroid dienone is 1. The minimum Gasteiger partial charge on any atom is -0.467 e. The number of para-hydroxylation sites is 2. The molecule has 0 bridgehead atoms. The highest BCUT2D eigenvalue weighted by atomic mass is 16.3. The number of furan rings is 1. The minimum atomic E-state index is -0.497. The van der Waals surface area contributed by atoms with Crippen LogP contribution in [0.3, 0.4) is 0 Å². The van der Waals surface area contributed by atoms with Gasteiger partial charge in [0.25, 0.3) is 0 Å². The molecule has 3 N–H and O–H groups in total. The van der Waals surface area contributed by atoms with Gasteiger partial charge < -0.3 is 24.9 Å². The SMILES string of the molecule is CC1(C)CC(=O)C2=C(C1)Nc1ccccc1N(CC(=O)NCCc1cnc[nH]1)[C@@H]2c1ccco1. The number of anilines is 2. The average Bonchev–Trinajstić information content (AvgIpc) is 3.47. The third kappa shape index (κ3) is 4.35. The van der Waals surface area contributed by atoms with Crippen molar-refractivity contribution in [1.82, 2.24) is 15.3 Å². The number of amides is 1. The Morgan fingerprint density at radius 2 is 2.09 bits per heavy atom. The molecule has 1 amide bonds. The fourth-order valence-corrected chi connectivity index (χ4v) is 4.94. The zero-order valence-electron chi connectivity index (χ0n) is 19.4. The van der Waals surface area contributed by atoms with Crippen LogP contribution in [-0.4, -0.2) is 34.7 Å². The topological polar surface area (TPSA) is 103 Å². The van der Waals surface area contributed by atoms with Crippen LogP contribution in [0, 0.1) is 5.41 Å². The number of aromatic amines is 1. The Morgan fingerprint density at radius 3 is 2.85 bits per heavy atom. The van der Waals surface area contributed by atoms with Crippen molar-refractivity contribution in [2.45, 2.75) is 39.2 Å². The molecule has 3 heterocycles. The van der Waals surface area contributed by atoms with Crippen molar-refractivity contribution >= 4 is 23.1 Å². The van der Waals surface area contributed by atoms with E-state index >= 15 is 0 Å². The van der Waals surface area contributed by atoms with E-state index < -0.39 is 6.04 Å². The normalized spacial score (nSPS) is 19.2. The van der Waals surface area contributed by atoms with Crippen LogP contribution in [0.25, 0.3) is 0 Å². The van der Waals surface area contributed by atoms with Crippen LogP contribution >= 0.6 is 0 Å². The summed E-state index contributed by atoms with van der Waals surface area (Å²) in [6.07, 6.45) is 6.84. The first kappa shape index (κ1) is 22.0. The third-order valence-electron chi connectivity index (χ3n) is 6.40. The Hall–Kier alpha value is -3.81. The van der Waals surface area contributed by atoms with E-state index in [1.54, 1.807) is 18.8 Å². The van der Waals surface area contributed by atoms with E-state index in [9.17, 15) is 9.59 Å². The number of nitrogens with zero attached hydrogens (tertiary/aromatic N) is 2. The van der Waals surface area contributed by atoms with Gasteiger partial charge in [-0.3, -0.25) is 9.59 Å². The van der Waals surface area contributed by atoms with Crippen LogP contribution in [0.5, 0.6) is 0 Å². The Balaban J connectivity index is 1.51. The second-order valence-corrected chi connectivity index (χ2v) is 9.70. The first-order valence-electron chi connectivity index (χ1n) is 11.6. The molecule has 8 heteroatoms. The lowest BCUT2D eigenvalue weighted by atomic mass is 9.74. The summed E-state index contributed by atoms with van der Waals surface area (Å²) in [4.78, 5) is 35.6. The number of carbonyl (C=O) groups excluding carboxylic acids is 2. The van der Waals surface area contributed by atoms with Crippen molar-refractivity contribution in [3.63, 3.8) is 0 Å². The van der Waals surface area contributed by atoms with Crippen molar-refractivity contribution in [1.29, 1.82) is 0 Å². The van der Waals surface area contributed by atoms with Crippen LogP contribution in [0.15, 0.2) is 70.9 Å². The molecule has 2 aromatic heterocycles. The molecule has 34 heavy (non-hydrogen) atoms. The number of hydrogen-bond donors (Lipinski definition) is 3. The number of H-pyrrole nitrogens is 1. The van der Waals surface area contributed by atoms with Crippen molar-refractivity contribution in [2.75, 3.05) is 23.3 Å². The molecule has 0 radical (unpaired) electrons. The van der Waals surface area contributed by atoms with E-state index in [-0.39, 0.29) is 23.7 Å². The monoisotopic (exact) mass is 459 g/mol. The van der Waals surface area contributed by atoms with Crippen molar-refractivity contribution < 1.29 is 14.0 Å². The molecule has 0 saturated carbocycles. The predicted molar refractivity (Wildman–Crippen MR) is 129 cm³/mol. The Labute approximate surface area is 198 Å². The maximum absolute atomic E-state index is 13.5. The van der Waals surface area contributed by atoms with E-state index in [0.717, 1.165) is 29.2 Å². The van der Waals surface area contributed by atoms with E-state index in [1.165, 1.54) is 0 Å². The maximum Gasteiger partial charge on any atom is 0.239 e. The third-order valence-corrected chi connectivity index (χ3v) is 6.40. The van der Waals surface area contributed by atoms with Gasteiger partial charge in [0.05, 0.1) is 30.5 Å². The minimum absolute atomic E-state index is 0.0811. The van der Waals surface area contributed by atoms with Gasteiger partial charge in [0, 0.05) is 42.5 Å². The summed E-state index contributed by atoms with van der Waals surface area (Å²) in [5, 5.41) is 6.54. The lowest BCUT2D eigenvalue weighted by molar-refractivity contribution is -0.120. The number of carbonyl (C=O) groups is 2. The zero-order chi connectivity index (χ0) is 23.7. The summed E-state index contributed by atoms with van der Waals surface area (Å²) in [5.41, 5.74) is 4.12. The lowest BCUT2D eigenvalue weighted by Crippen LogP contribution is -2.42. The van der Waals surface area contributed by atoms with Gasteiger partial charge in [0.2, 0.25) is 5.91 Å². The number of Topliss-reactive ketones (excluding diaryl/α,β-unsaturated/α-hetero) is 1. The number of ketones is 1. The molecule has 5 rings (SSSR count). The van der Waals surface area contributed by atoms with Gasteiger partial charge in [-0.05, 0) is 36.1 Å². The zero-order valence-corrected chi connectivity index (χ0v) is 19.4. The maximum atomic E-state index is 13.5. The first-order valence-corrected chi connectivity index (χ1v) is 11.6. The smallest absolute Gasteiger partial charge is 0.239 e. The summed E-state index contributed by atoms with van der Waals surface area (Å²) in [7, 11) is 0. The van der Waals surface area contributed by atoms with Crippen LogP contribution in [-0.2, 0) is 16.0 Å². The summed E-state index contributed by atoms with van der Waals surface area (Å²) in [6.45, 7) is 4.79. The number of aromatic nitrogens is 2. The second-order valence-electron chi connectivity index (χ2n) is 9.70. The van der Waals surface area contributed by atoms with Gasteiger partial charge >= 0.3 is 0 Å². The second kappa shape index (κ2) is 8.85. The molecule has 2 aliphatic rings. The summed E-state index contributed by atoms with van der Waals surface area (Å²) >= 11 is 0. The van der Waals surface area contributed by atoms with Gasteiger partial charge in [-0.25, -0.2) is 4.98 Å². The predicted octanol–water partition coefficient (Wildman–Crippen LogP) is 3.98. The first-order chi connectivity index (χ1) is 16.4. The highest BCUT2D eigenvalue weighted by molar-refractivity contribution is 6.01. The molecule has 8 nitrogen and oxygen atoms in total. The molecule has 1 aliphatic carbocycles. The molecular weight excluding hydrogens is 430 g/mol. The number of rotatable bonds is 6. The average molecular weight is 460 g/mol. The summed E-state index contributed by atoms with van der Waals surface area (Å²) < 4.78 is 5.84. The van der Waals surface area contributed by atoms with E-state index in [2.05, 4.69) is 34.4 Å². The number of fused-ring (bicyclic) bond motifs is 1. The van der Waals surface area contributed by atoms with Gasteiger partial charge in [-0.2, -0.15) is 0 Å². The molecule has 0 fully saturated rings. The van der Waals surface area contributed by atoms with E-state index in [1.807, 2.05) is 41.3 Å². The van der Waals surface area contributed by atoms with E-state index in [0.29, 0.717) is 30.7 Å². The molecule has 1 atom stereocenters. The number of benzene rings is 1. The van der Waals surface area contributed by atoms with Crippen LogP contribution in [0.4, 0.5) is 11.4 Å². The molecule has 176 valence electrons. The lowest BCUT2D eigenvalue weighted by Gasteiger charge is -2.36. The summed E-state index contributed by atoms with van der Waals surface area (Å²) in [6, 6.07) is 11.1. The van der Waals surface area contributed by atoms with Crippen LogP contribution in [0.2, 0.25) is 0 Å². The molecular formula is C26H29N5O3. The van der Waals surface area contributed by atoms with E-state index in [4.69, 9.17) is 4.42 Å². The molecule has 3 aromatic rings. The highest BCUT2D eigenvalue weighted by Crippen LogP contribution is 2.48.